The average Bonchev–Trinajstić information content (AvgIpc) is 3.03. The molecule has 1 aliphatic carbocycles. The molecule has 0 bridgehead atoms. The molecule has 2 aromatic heterocycles. The van der Waals surface area contributed by atoms with Gasteiger partial charge in [0.1, 0.15) is 5.76 Å². The van der Waals surface area contributed by atoms with Crippen molar-refractivity contribution in [2.45, 2.75) is 47.0 Å². The number of rotatable bonds is 2. The van der Waals surface area contributed by atoms with Gasteiger partial charge in [0.05, 0.1) is 5.56 Å². The molecule has 0 radical (unpaired) electrons. The lowest BCUT2D eigenvalue weighted by molar-refractivity contribution is 0.102. The Morgan fingerprint density at radius 3 is 2.86 bits per heavy atom. The van der Waals surface area contributed by atoms with Crippen LogP contribution in [-0.2, 0) is 12.8 Å². The van der Waals surface area contributed by atoms with Crippen LogP contribution in [0.4, 0.5) is 5.82 Å². The number of carbonyl (C=O) groups is 1. The van der Waals surface area contributed by atoms with Gasteiger partial charge in [-0.1, -0.05) is 25.9 Å². The van der Waals surface area contributed by atoms with Crippen molar-refractivity contribution in [2.75, 3.05) is 5.32 Å². The molecule has 0 aliphatic heterocycles. The summed E-state index contributed by atoms with van der Waals surface area (Å²) in [5.74, 6) is 1.77. The molecule has 22 heavy (non-hydrogen) atoms. The van der Waals surface area contributed by atoms with E-state index >= 15 is 0 Å². The lowest BCUT2D eigenvalue weighted by Crippen LogP contribution is -2.27. The van der Waals surface area contributed by atoms with Crippen LogP contribution in [0.1, 0.15) is 53.8 Å². The average molecular weight is 318 g/mol. The molecule has 0 saturated heterocycles. The first-order valence-corrected chi connectivity index (χ1v) is 8.56. The predicted octanol–water partition coefficient (Wildman–Crippen LogP) is 4.45. The van der Waals surface area contributed by atoms with Gasteiger partial charge in [-0.2, -0.15) is 0 Å². The maximum absolute atomic E-state index is 12.4. The van der Waals surface area contributed by atoms with Gasteiger partial charge in [0.25, 0.3) is 5.91 Å². The highest BCUT2D eigenvalue weighted by Crippen LogP contribution is 2.40. The molecule has 1 amide bonds. The summed E-state index contributed by atoms with van der Waals surface area (Å²) >= 11 is 1.71. The second-order valence-electron chi connectivity index (χ2n) is 7.13. The quantitative estimate of drug-likeness (QED) is 0.890. The number of fused-ring (bicyclic) bond motifs is 1. The summed E-state index contributed by atoms with van der Waals surface area (Å²) in [6.45, 7) is 8.71. The summed E-state index contributed by atoms with van der Waals surface area (Å²) in [5.41, 5.74) is 2.35. The normalized spacial score (nSPS) is 18.1. The number of nitrogens with zero attached hydrogens (tertiary/aromatic N) is 1. The van der Waals surface area contributed by atoms with Crippen LogP contribution in [0.5, 0.6) is 0 Å². The van der Waals surface area contributed by atoms with Crippen molar-refractivity contribution >= 4 is 23.1 Å². The molecule has 118 valence electrons. The van der Waals surface area contributed by atoms with Gasteiger partial charge in [-0.3, -0.25) is 4.79 Å². The summed E-state index contributed by atoms with van der Waals surface area (Å²) in [6.07, 6.45) is 3.22. The van der Waals surface area contributed by atoms with E-state index in [1.165, 1.54) is 10.4 Å². The van der Waals surface area contributed by atoms with Crippen molar-refractivity contribution in [1.82, 2.24) is 5.16 Å². The number of hydrogen-bond acceptors (Lipinski definition) is 4. The Kier molecular flexibility index (Phi) is 3.85. The van der Waals surface area contributed by atoms with E-state index in [1.807, 2.05) is 12.3 Å². The van der Waals surface area contributed by atoms with Gasteiger partial charge in [-0.15, -0.1) is 11.3 Å². The number of nitrogens with one attached hydrogen (secondary N) is 1. The SMILES string of the molecule is Cc1cc(NC(=O)c2csc3c2CCC(C(C)(C)C)C3)no1. The highest BCUT2D eigenvalue weighted by Gasteiger charge is 2.31. The molecule has 1 aliphatic rings. The Balaban J connectivity index is 1.77. The molecule has 0 fully saturated rings. The summed E-state index contributed by atoms with van der Waals surface area (Å²) < 4.78 is 4.98. The van der Waals surface area contributed by atoms with Crippen molar-refractivity contribution in [1.29, 1.82) is 0 Å². The molecular formula is C17H22N2O2S. The standard InChI is InChI=1S/C17H22N2O2S/c1-10-7-15(19-21-10)18-16(20)13-9-22-14-8-11(17(2,3)4)5-6-12(13)14/h7,9,11H,5-6,8H2,1-4H3,(H,18,19,20). The first-order chi connectivity index (χ1) is 10.3. The van der Waals surface area contributed by atoms with Crippen LogP contribution in [0, 0.1) is 18.3 Å². The van der Waals surface area contributed by atoms with E-state index in [9.17, 15) is 4.79 Å². The molecule has 1 N–H and O–H groups in total. The Labute approximate surface area is 134 Å². The predicted molar refractivity (Wildman–Crippen MR) is 88.5 cm³/mol. The van der Waals surface area contributed by atoms with Crippen molar-refractivity contribution in [3.05, 3.63) is 33.2 Å². The van der Waals surface area contributed by atoms with Crippen molar-refractivity contribution in [3.8, 4) is 0 Å². The Morgan fingerprint density at radius 2 is 2.23 bits per heavy atom. The van der Waals surface area contributed by atoms with E-state index in [-0.39, 0.29) is 5.91 Å². The fourth-order valence-electron chi connectivity index (χ4n) is 3.05. The fourth-order valence-corrected chi connectivity index (χ4v) is 4.21. The van der Waals surface area contributed by atoms with E-state index in [0.717, 1.165) is 24.8 Å². The second-order valence-corrected chi connectivity index (χ2v) is 8.10. The minimum absolute atomic E-state index is 0.0833. The number of hydrogen-bond donors (Lipinski definition) is 1. The first kappa shape index (κ1) is 15.3. The fraction of sp³-hybridized carbons (Fsp3) is 0.529. The lowest BCUT2D eigenvalue weighted by Gasteiger charge is -2.34. The van der Waals surface area contributed by atoms with Gasteiger partial charge in [0.2, 0.25) is 0 Å². The van der Waals surface area contributed by atoms with Crippen LogP contribution in [-0.4, -0.2) is 11.1 Å². The maximum atomic E-state index is 12.4. The topological polar surface area (TPSA) is 55.1 Å². The van der Waals surface area contributed by atoms with Crippen LogP contribution >= 0.6 is 11.3 Å². The van der Waals surface area contributed by atoms with Crippen LogP contribution in [0.15, 0.2) is 16.0 Å². The summed E-state index contributed by atoms with van der Waals surface area (Å²) in [6, 6.07) is 1.73. The molecule has 1 unspecified atom stereocenters. The minimum Gasteiger partial charge on any atom is -0.360 e. The Hall–Kier alpha value is -1.62. The molecule has 0 saturated carbocycles. The maximum Gasteiger partial charge on any atom is 0.258 e. The number of aryl methyl sites for hydroxylation is 1. The van der Waals surface area contributed by atoms with E-state index in [2.05, 4.69) is 31.2 Å². The molecule has 2 aromatic rings. The van der Waals surface area contributed by atoms with E-state index < -0.39 is 0 Å². The van der Waals surface area contributed by atoms with Gasteiger partial charge in [0, 0.05) is 16.3 Å². The van der Waals surface area contributed by atoms with Crippen molar-refractivity contribution < 1.29 is 9.32 Å². The van der Waals surface area contributed by atoms with E-state index in [0.29, 0.717) is 22.9 Å². The first-order valence-electron chi connectivity index (χ1n) is 7.68. The number of anilines is 1. The van der Waals surface area contributed by atoms with Gasteiger partial charge in [-0.25, -0.2) is 0 Å². The van der Waals surface area contributed by atoms with Crippen LogP contribution in [0.2, 0.25) is 0 Å². The van der Waals surface area contributed by atoms with Crippen molar-refractivity contribution in [3.63, 3.8) is 0 Å². The highest BCUT2D eigenvalue weighted by atomic mass is 32.1. The lowest BCUT2D eigenvalue weighted by atomic mass is 9.72. The third-order valence-electron chi connectivity index (χ3n) is 4.49. The third-order valence-corrected chi connectivity index (χ3v) is 5.55. The van der Waals surface area contributed by atoms with Crippen LogP contribution in [0.3, 0.4) is 0 Å². The summed E-state index contributed by atoms with van der Waals surface area (Å²) in [5, 5.41) is 8.62. The number of thiophene rings is 1. The Bertz CT molecular complexity index is 694. The van der Waals surface area contributed by atoms with Crippen LogP contribution in [0.25, 0.3) is 0 Å². The smallest absolute Gasteiger partial charge is 0.258 e. The van der Waals surface area contributed by atoms with Gasteiger partial charge in [0.15, 0.2) is 5.82 Å². The molecule has 1 atom stereocenters. The van der Waals surface area contributed by atoms with Gasteiger partial charge < -0.3 is 9.84 Å². The van der Waals surface area contributed by atoms with Crippen LogP contribution < -0.4 is 5.32 Å². The Morgan fingerprint density at radius 1 is 1.45 bits per heavy atom. The van der Waals surface area contributed by atoms with Gasteiger partial charge in [-0.05, 0) is 43.1 Å². The molecule has 5 heteroatoms. The van der Waals surface area contributed by atoms with E-state index in [1.54, 1.807) is 17.4 Å². The number of carbonyl (C=O) groups excluding carboxylic acids is 1. The minimum atomic E-state index is -0.0833. The second kappa shape index (κ2) is 5.54. The van der Waals surface area contributed by atoms with Crippen molar-refractivity contribution in [2.24, 2.45) is 11.3 Å². The molecule has 4 nitrogen and oxygen atoms in total. The third kappa shape index (κ3) is 2.95. The molecular weight excluding hydrogens is 296 g/mol. The molecule has 2 heterocycles. The molecule has 0 aromatic carbocycles. The monoisotopic (exact) mass is 318 g/mol. The zero-order chi connectivity index (χ0) is 15.9. The number of aromatic nitrogens is 1. The zero-order valence-electron chi connectivity index (χ0n) is 13.5. The molecule has 0 spiro atoms. The van der Waals surface area contributed by atoms with Gasteiger partial charge >= 0.3 is 0 Å². The molecule has 3 rings (SSSR count). The summed E-state index contributed by atoms with van der Waals surface area (Å²) in [7, 11) is 0. The summed E-state index contributed by atoms with van der Waals surface area (Å²) in [4.78, 5) is 13.8. The zero-order valence-corrected chi connectivity index (χ0v) is 14.3. The highest BCUT2D eigenvalue weighted by molar-refractivity contribution is 7.10. The largest absolute Gasteiger partial charge is 0.360 e. The number of amides is 1. The van der Waals surface area contributed by atoms with E-state index in [4.69, 9.17) is 4.52 Å².